The van der Waals surface area contributed by atoms with Gasteiger partial charge in [0, 0.05) is 19.3 Å². The molecule has 0 aliphatic heterocycles. The van der Waals surface area contributed by atoms with Crippen molar-refractivity contribution < 1.29 is 29.7 Å². The summed E-state index contributed by atoms with van der Waals surface area (Å²) in [7, 11) is 0. The third-order valence-corrected chi connectivity index (χ3v) is 5.31. The van der Waals surface area contributed by atoms with Gasteiger partial charge in [-0.25, -0.2) is 28.1 Å². The molecule has 1 rings (SSSR count). The van der Waals surface area contributed by atoms with Crippen LogP contribution in [0.3, 0.4) is 0 Å². The number of Topliss-reactive ketones (excluding diaryl/α,β-unsaturated/α-hetero) is 3. The molecule has 3 N–H and O–H groups in total. The lowest BCUT2D eigenvalue weighted by Crippen LogP contribution is -2.58. The molecular formula is C18H27N3O9S3. The van der Waals surface area contributed by atoms with Crippen molar-refractivity contribution in [1.29, 1.82) is 0 Å². The largest absolute Gasteiger partial charge is 0.383 e. The van der Waals surface area contributed by atoms with Crippen molar-refractivity contribution in [2.45, 2.75) is 57.2 Å². The third-order valence-electron chi connectivity index (χ3n) is 4.64. The smallest absolute Gasteiger partial charge is 0.336 e. The number of carbonyl (C=O) groups is 3. The van der Waals surface area contributed by atoms with E-state index in [1.54, 1.807) is 0 Å². The highest BCUT2D eigenvalue weighted by Crippen LogP contribution is 1.99. The summed E-state index contributed by atoms with van der Waals surface area (Å²) in [4.78, 5) is 74.2. The van der Waals surface area contributed by atoms with E-state index in [-0.39, 0.29) is 36.5 Å². The summed E-state index contributed by atoms with van der Waals surface area (Å²) in [5, 5.41) is 30.2. The number of hydrogen-bond acceptors (Lipinski definition) is 12. The molecule has 0 fully saturated rings. The van der Waals surface area contributed by atoms with Gasteiger partial charge in [0.25, 0.3) is 0 Å². The normalized spacial score (nSPS) is 14.0. The molecule has 0 amide bonds. The van der Waals surface area contributed by atoms with Crippen LogP contribution in [0.5, 0.6) is 0 Å². The first-order valence-electron chi connectivity index (χ1n) is 9.89. The SMILES string of the molecule is O=C(CCS)C(O)Cn1c(=O)n(CC(O)C(=O)CCS)c(=O)n(CC(O)C(=O)CCS)c1=O. The summed E-state index contributed by atoms with van der Waals surface area (Å²) in [6, 6.07) is 0. The molecule has 1 aromatic rings. The van der Waals surface area contributed by atoms with Crippen molar-refractivity contribution >= 4 is 55.2 Å². The second kappa shape index (κ2) is 13.9. The van der Waals surface area contributed by atoms with E-state index in [9.17, 15) is 44.1 Å². The first kappa shape index (κ1) is 29.4. The molecule has 15 heteroatoms. The van der Waals surface area contributed by atoms with Gasteiger partial charge < -0.3 is 15.3 Å². The van der Waals surface area contributed by atoms with Crippen molar-refractivity contribution in [3.8, 4) is 0 Å². The number of aliphatic hydroxyl groups excluding tert-OH is 3. The second-order valence-corrected chi connectivity index (χ2v) is 8.39. The van der Waals surface area contributed by atoms with Crippen LogP contribution >= 0.6 is 37.9 Å². The van der Waals surface area contributed by atoms with E-state index in [2.05, 4.69) is 37.9 Å². The summed E-state index contributed by atoms with van der Waals surface area (Å²) < 4.78 is 1.11. The molecule has 0 aliphatic carbocycles. The topological polar surface area (TPSA) is 178 Å². The van der Waals surface area contributed by atoms with Gasteiger partial charge in [-0.05, 0) is 17.3 Å². The Bertz CT molecular complexity index is 875. The lowest BCUT2D eigenvalue weighted by atomic mass is 10.2. The van der Waals surface area contributed by atoms with E-state index in [1.165, 1.54) is 0 Å². The van der Waals surface area contributed by atoms with Gasteiger partial charge in [-0.2, -0.15) is 37.9 Å². The van der Waals surface area contributed by atoms with Crippen LogP contribution in [0.15, 0.2) is 14.4 Å². The number of nitrogens with zero attached hydrogens (tertiary/aromatic N) is 3. The highest BCUT2D eigenvalue weighted by molar-refractivity contribution is 7.80. The number of ketones is 3. The molecule has 0 aliphatic rings. The van der Waals surface area contributed by atoms with Crippen LogP contribution in [-0.4, -0.2) is 81.9 Å². The second-order valence-electron chi connectivity index (χ2n) is 7.05. The quantitative estimate of drug-likeness (QED) is 0.130. The molecule has 0 saturated carbocycles. The van der Waals surface area contributed by atoms with Gasteiger partial charge in [0.2, 0.25) is 0 Å². The van der Waals surface area contributed by atoms with Crippen molar-refractivity contribution in [2.75, 3.05) is 17.3 Å². The monoisotopic (exact) mass is 525 g/mol. The minimum atomic E-state index is -1.78. The van der Waals surface area contributed by atoms with Crippen molar-refractivity contribution in [3.05, 3.63) is 31.5 Å². The van der Waals surface area contributed by atoms with E-state index in [0.29, 0.717) is 13.7 Å². The zero-order valence-corrected chi connectivity index (χ0v) is 20.3. The predicted molar refractivity (Wildman–Crippen MR) is 128 cm³/mol. The average molecular weight is 526 g/mol. The minimum absolute atomic E-state index is 0.105. The third kappa shape index (κ3) is 7.96. The maximum atomic E-state index is 12.8. The van der Waals surface area contributed by atoms with Crippen molar-refractivity contribution in [2.24, 2.45) is 0 Å². The number of rotatable bonds is 15. The summed E-state index contributed by atoms with van der Waals surface area (Å²) in [6.45, 7) is -2.48. The molecule has 0 saturated heterocycles. The Morgan fingerprint density at radius 1 is 0.576 bits per heavy atom. The Morgan fingerprint density at radius 2 is 0.788 bits per heavy atom. The molecule has 1 heterocycles. The Balaban J connectivity index is 3.57. The zero-order chi connectivity index (χ0) is 25.3. The lowest BCUT2D eigenvalue weighted by Gasteiger charge is -2.18. The van der Waals surface area contributed by atoms with Gasteiger partial charge in [-0.3, -0.25) is 14.4 Å². The lowest BCUT2D eigenvalue weighted by molar-refractivity contribution is -0.127. The molecule has 0 bridgehead atoms. The highest BCUT2D eigenvalue weighted by atomic mass is 32.1. The van der Waals surface area contributed by atoms with Crippen LogP contribution in [0, 0.1) is 0 Å². The molecule has 12 nitrogen and oxygen atoms in total. The number of aliphatic hydroxyl groups is 3. The van der Waals surface area contributed by atoms with Gasteiger partial charge >= 0.3 is 17.1 Å². The van der Waals surface area contributed by atoms with Gasteiger partial charge in [0.05, 0.1) is 19.6 Å². The Kier molecular flexibility index (Phi) is 12.4. The summed E-state index contributed by atoms with van der Waals surface area (Å²) >= 11 is 11.6. The fourth-order valence-corrected chi connectivity index (χ4v) is 3.47. The molecule has 0 spiro atoms. The molecular weight excluding hydrogens is 498 g/mol. The van der Waals surface area contributed by atoms with Crippen LogP contribution in [0.2, 0.25) is 0 Å². The fraction of sp³-hybridized carbons (Fsp3) is 0.667. The van der Waals surface area contributed by atoms with E-state index >= 15 is 0 Å². The molecule has 0 aromatic carbocycles. The Hall–Kier alpha value is -1.65. The predicted octanol–water partition coefficient (Wildman–Crippen LogP) is -3.08. The molecule has 3 atom stereocenters. The van der Waals surface area contributed by atoms with E-state index in [1.807, 2.05) is 0 Å². The molecule has 3 unspecified atom stereocenters. The minimum Gasteiger partial charge on any atom is -0.383 e. The number of aromatic nitrogens is 3. The van der Waals surface area contributed by atoms with Crippen LogP contribution < -0.4 is 17.1 Å². The summed E-state index contributed by atoms with van der Waals surface area (Å²) in [5.41, 5.74) is -3.85. The van der Waals surface area contributed by atoms with Crippen LogP contribution in [0.1, 0.15) is 19.3 Å². The molecule has 0 radical (unpaired) electrons. The van der Waals surface area contributed by atoms with Crippen LogP contribution in [0.4, 0.5) is 0 Å². The summed E-state index contributed by atoms with van der Waals surface area (Å²) in [6.07, 6.45) is -5.81. The maximum absolute atomic E-state index is 12.8. The van der Waals surface area contributed by atoms with Gasteiger partial charge in [-0.1, -0.05) is 0 Å². The molecule has 33 heavy (non-hydrogen) atoms. The van der Waals surface area contributed by atoms with Crippen molar-refractivity contribution in [1.82, 2.24) is 13.7 Å². The van der Waals surface area contributed by atoms with Crippen LogP contribution in [0.25, 0.3) is 0 Å². The first-order chi connectivity index (χ1) is 15.5. The van der Waals surface area contributed by atoms with Crippen molar-refractivity contribution in [3.63, 3.8) is 0 Å². The molecule has 186 valence electrons. The molecule has 1 aromatic heterocycles. The number of hydrogen-bond donors (Lipinski definition) is 6. The number of carbonyl (C=O) groups excluding carboxylic acids is 3. The van der Waals surface area contributed by atoms with Gasteiger partial charge in [-0.15, -0.1) is 0 Å². The van der Waals surface area contributed by atoms with E-state index < -0.39 is 72.4 Å². The van der Waals surface area contributed by atoms with Gasteiger partial charge in [0.1, 0.15) is 18.3 Å². The Labute approximate surface area is 204 Å². The average Bonchev–Trinajstić information content (AvgIpc) is 2.77. The highest BCUT2D eigenvalue weighted by Gasteiger charge is 2.26. The van der Waals surface area contributed by atoms with E-state index in [4.69, 9.17) is 0 Å². The zero-order valence-electron chi connectivity index (χ0n) is 17.6. The van der Waals surface area contributed by atoms with E-state index in [0.717, 1.165) is 0 Å². The Morgan fingerprint density at radius 3 is 0.970 bits per heavy atom. The standard InChI is InChI=1S/C18H27N3O9S3/c22-10(1-4-31)13(25)7-19-16(28)20(8-14(26)11(23)2-5-32)18(30)21(17(19)29)9-15(27)12(24)3-6-33/h13-15,25-27,31-33H,1-9H2. The van der Waals surface area contributed by atoms with Crippen LogP contribution in [-0.2, 0) is 34.0 Å². The summed E-state index contributed by atoms with van der Waals surface area (Å²) in [5.74, 6) is -1.83. The fourth-order valence-electron chi connectivity index (χ4n) is 2.81. The maximum Gasteiger partial charge on any atom is 0.336 e. The first-order valence-corrected chi connectivity index (χ1v) is 11.8. The van der Waals surface area contributed by atoms with Gasteiger partial charge in [0.15, 0.2) is 17.3 Å². The number of thiol groups is 3.